The maximum atomic E-state index is 12.5. The van der Waals surface area contributed by atoms with E-state index in [0.717, 1.165) is 0 Å². The Labute approximate surface area is 127 Å². The van der Waals surface area contributed by atoms with Gasteiger partial charge in [0.05, 0.1) is 6.61 Å². The molecular weight excluding hydrogens is 284 g/mol. The molecule has 1 atom stereocenters. The maximum Gasteiger partial charge on any atom is 0.329 e. The van der Waals surface area contributed by atoms with Gasteiger partial charge in [-0.3, -0.25) is 9.78 Å². The second-order valence-corrected chi connectivity index (χ2v) is 6.03. The SMILES string of the molecule is CC1(C)COC(=O)C1NC(=O)c1ccc(O)c2ncccc12. The molecule has 0 bridgehead atoms. The van der Waals surface area contributed by atoms with Gasteiger partial charge in [-0.25, -0.2) is 4.79 Å². The molecule has 1 fully saturated rings. The molecule has 2 aromatic rings. The number of hydrogen-bond acceptors (Lipinski definition) is 5. The minimum absolute atomic E-state index is 0.00718. The van der Waals surface area contributed by atoms with Crippen LogP contribution in [-0.2, 0) is 9.53 Å². The van der Waals surface area contributed by atoms with E-state index < -0.39 is 23.3 Å². The highest BCUT2D eigenvalue weighted by Gasteiger charge is 2.44. The number of phenolic OH excluding ortho intramolecular Hbond substituents is 1. The number of ether oxygens (including phenoxy) is 1. The topological polar surface area (TPSA) is 88.5 Å². The Kier molecular flexibility index (Phi) is 3.24. The number of carbonyl (C=O) groups excluding carboxylic acids is 2. The van der Waals surface area contributed by atoms with E-state index in [4.69, 9.17) is 4.74 Å². The Morgan fingerprint density at radius 3 is 2.86 bits per heavy atom. The van der Waals surface area contributed by atoms with Crippen molar-refractivity contribution in [2.24, 2.45) is 5.41 Å². The van der Waals surface area contributed by atoms with Gasteiger partial charge in [-0.15, -0.1) is 0 Å². The molecule has 0 radical (unpaired) electrons. The highest BCUT2D eigenvalue weighted by atomic mass is 16.5. The number of amides is 1. The predicted octanol–water partition coefficient (Wildman–Crippen LogP) is 1.62. The summed E-state index contributed by atoms with van der Waals surface area (Å²) in [5.74, 6) is -0.817. The Morgan fingerprint density at radius 1 is 1.41 bits per heavy atom. The number of phenols is 1. The summed E-state index contributed by atoms with van der Waals surface area (Å²) in [6.07, 6.45) is 1.54. The number of fused-ring (bicyclic) bond motifs is 1. The van der Waals surface area contributed by atoms with Crippen LogP contribution in [0.15, 0.2) is 30.5 Å². The Bertz CT molecular complexity index is 770. The van der Waals surface area contributed by atoms with Gasteiger partial charge in [0.1, 0.15) is 17.3 Å². The highest BCUT2D eigenvalue weighted by Crippen LogP contribution is 2.30. The van der Waals surface area contributed by atoms with Crippen LogP contribution in [0.2, 0.25) is 0 Å². The lowest BCUT2D eigenvalue weighted by Gasteiger charge is -2.22. The molecular formula is C16H16N2O4. The Morgan fingerprint density at radius 2 is 2.18 bits per heavy atom. The van der Waals surface area contributed by atoms with Crippen molar-refractivity contribution in [2.75, 3.05) is 6.61 Å². The summed E-state index contributed by atoms with van der Waals surface area (Å²) in [4.78, 5) is 28.4. The predicted molar refractivity (Wildman–Crippen MR) is 79.4 cm³/mol. The van der Waals surface area contributed by atoms with E-state index >= 15 is 0 Å². The first-order valence-corrected chi connectivity index (χ1v) is 6.94. The first-order chi connectivity index (χ1) is 10.4. The van der Waals surface area contributed by atoms with Crippen molar-refractivity contribution in [3.63, 3.8) is 0 Å². The summed E-state index contributed by atoms with van der Waals surface area (Å²) in [7, 11) is 0. The van der Waals surface area contributed by atoms with Gasteiger partial charge in [-0.05, 0) is 18.2 Å². The van der Waals surface area contributed by atoms with E-state index in [1.807, 2.05) is 13.8 Å². The molecule has 1 amide bonds. The van der Waals surface area contributed by atoms with Crippen molar-refractivity contribution in [3.8, 4) is 5.75 Å². The summed E-state index contributed by atoms with van der Waals surface area (Å²) >= 11 is 0. The number of pyridine rings is 1. The molecule has 0 saturated carbocycles. The lowest BCUT2D eigenvalue weighted by molar-refractivity contribution is -0.139. The summed E-state index contributed by atoms with van der Waals surface area (Å²) in [6, 6.07) is 5.63. The molecule has 0 aliphatic carbocycles. The number of hydrogen-bond donors (Lipinski definition) is 2. The van der Waals surface area contributed by atoms with Crippen LogP contribution in [0.3, 0.4) is 0 Å². The van der Waals surface area contributed by atoms with Crippen LogP contribution in [0.4, 0.5) is 0 Å². The molecule has 1 aliphatic heterocycles. The number of nitrogens with zero attached hydrogens (tertiary/aromatic N) is 1. The molecule has 22 heavy (non-hydrogen) atoms. The smallest absolute Gasteiger partial charge is 0.329 e. The molecule has 114 valence electrons. The van der Waals surface area contributed by atoms with E-state index in [1.165, 1.54) is 12.1 Å². The molecule has 1 unspecified atom stereocenters. The summed E-state index contributed by atoms with van der Waals surface area (Å²) < 4.78 is 5.02. The normalized spacial score (nSPS) is 19.9. The molecule has 6 heteroatoms. The monoisotopic (exact) mass is 300 g/mol. The number of rotatable bonds is 2. The molecule has 1 saturated heterocycles. The Hall–Kier alpha value is -2.63. The standard InChI is InChI=1S/C16H16N2O4/c1-16(2)8-22-15(21)13(16)18-14(20)10-5-6-11(19)12-9(10)4-3-7-17-12/h3-7,13,19H,8H2,1-2H3,(H,18,20). The van der Waals surface area contributed by atoms with Crippen molar-refractivity contribution in [1.82, 2.24) is 10.3 Å². The van der Waals surface area contributed by atoms with Crippen LogP contribution in [0, 0.1) is 5.41 Å². The fourth-order valence-corrected chi connectivity index (χ4v) is 2.56. The van der Waals surface area contributed by atoms with Crippen molar-refractivity contribution in [1.29, 1.82) is 0 Å². The maximum absolute atomic E-state index is 12.5. The van der Waals surface area contributed by atoms with Crippen LogP contribution in [0.1, 0.15) is 24.2 Å². The third kappa shape index (κ3) is 2.26. The Balaban J connectivity index is 1.97. The van der Waals surface area contributed by atoms with Crippen LogP contribution < -0.4 is 5.32 Å². The first-order valence-electron chi connectivity index (χ1n) is 6.94. The van der Waals surface area contributed by atoms with Crippen LogP contribution in [-0.4, -0.2) is 34.6 Å². The number of carbonyl (C=O) groups is 2. The quantitative estimate of drug-likeness (QED) is 0.823. The van der Waals surface area contributed by atoms with Gasteiger partial charge in [-0.1, -0.05) is 19.9 Å². The van der Waals surface area contributed by atoms with Gasteiger partial charge in [0, 0.05) is 22.6 Å². The highest BCUT2D eigenvalue weighted by molar-refractivity contribution is 6.08. The molecule has 2 N–H and O–H groups in total. The van der Waals surface area contributed by atoms with Crippen molar-refractivity contribution in [2.45, 2.75) is 19.9 Å². The van der Waals surface area contributed by atoms with Gasteiger partial charge in [0.25, 0.3) is 5.91 Å². The van der Waals surface area contributed by atoms with Crippen molar-refractivity contribution < 1.29 is 19.4 Å². The molecule has 0 spiro atoms. The van der Waals surface area contributed by atoms with Crippen molar-refractivity contribution >= 4 is 22.8 Å². The molecule has 2 heterocycles. The zero-order valence-corrected chi connectivity index (χ0v) is 12.3. The largest absolute Gasteiger partial charge is 0.506 e. The summed E-state index contributed by atoms with van der Waals surface area (Å²) in [5.41, 5.74) is 0.248. The number of cyclic esters (lactones) is 1. The molecule has 3 rings (SSSR count). The molecule has 1 aliphatic rings. The second-order valence-electron chi connectivity index (χ2n) is 6.03. The lowest BCUT2D eigenvalue weighted by atomic mass is 9.87. The average Bonchev–Trinajstić information content (AvgIpc) is 2.75. The van der Waals surface area contributed by atoms with Crippen LogP contribution >= 0.6 is 0 Å². The zero-order chi connectivity index (χ0) is 15.9. The minimum atomic E-state index is -0.694. The van der Waals surface area contributed by atoms with Gasteiger partial charge in [0.15, 0.2) is 0 Å². The molecule has 6 nitrogen and oxygen atoms in total. The summed E-state index contributed by atoms with van der Waals surface area (Å²) in [6.45, 7) is 3.99. The fourth-order valence-electron chi connectivity index (χ4n) is 2.56. The molecule has 1 aromatic heterocycles. The second kappa shape index (κ2) is 4.98. The fraction of sp³-hybridized carbons (Fsp3) is 0.312. The lowest BCUT2D eigenvalue weighted by Crippen LogP contribution is -2.46. The minimum Gasteiger partial charge on any atom is -0.506 e. The average molecular weight is 300 g/mol. The van der Waals surface area contributed by atoms with Crippen LogP contribution in [0.5, 0.6) is 5.75 Å². The van der Waals surface area contributed by atoms with Gasteiger partial charge in [0.2, 0.25) is 0 Å². The number of esters is 1. The zero-order valence-electron chi connectivity index (χ0n) is 12.3. The number of aromatic hydroxyl groups is 1. The van der Waals surface area contributed by atoms with E-state index in [-0.39, 0.29) is 12.4 Å². The first kappa shape index (κ1) is 14.3. The van der Waals surface area contributed by atoms with E-state index in [0.29, 0.717) is 16.5 Å². The third-order valence-electron chi connectivity index (χ3n) is 3.87. The number of aromatic nitrogens is 1. The van der Waals surface area contributed by atoms with Gasteiger partial charge >= 0.3 is 5.97 Å². The number of benzene rings is 1. The molecule has 1 aromatic carbocycles. The van der Waals surface area contributed by atoms with Gasteiger partial charge in [-0.2, -0.15) is 0 Å². The van der Waals surface area contributed by atoms with Gasteiger partial charge < -0.3 is 15.2 Å². The van der Waals surface area contributed by atoms with E-state index in [1.54, 1.807) is 18.3 Å². The summed E-state index contributed by atoms with van der Waals surface area (Å²) in [5, 5.41) is 13.1. The van der Waals surface area contributed by atoms with Crippen LogP contribution in [0.25, 0.3) is 10.9 Å². The number of nitrogens with one attached hydrogen (secondary N) is 1. The van der Waals surface area contributed by atoms with Crippen molar-refractivity contribution in [3.05, 3.63) is 36.0 Å². The van der Waals surface area contributed by atoms with E-state index in [9.17, 15) is 14.7 Å². The third-order valence-corrected chi connectivity index (χ3v) is 3.87. The van der Waals surface area contributed by atoms with E-state index in [2.05, 4.69) is 10.3 Å².